The second-order valence-corrected chi connectivity index (χ2v) is 5.32. The lowest BCUT2D eigenvalue weighted by atomic mass is 9.91. The predicted octanol–water partition coefficient (Wildman–Crippen LogP) is 2.67. The fourth-order valence-corrected chi connectivity index (χ4v) is 2.54. The molecule has 0 spiro atoms. The first kappa shape index (κ1) is 10.2. The molecular weight excluding hydrogens is 214 g/mol. The smallest absolute Gasteiger partial charge is 0.163 e. The topological polar surface area (TPSA) is 3.01 Å². The first-order valence-corrected chi connectivity index (χ1v) is 5.78. The Morgan fingerprint density at radius 1 is 1.58 bits per heavy atom. The molecule has 0 saturated heterocycles. The third-order valence-corrected chi connectivity index (χ3v) is 3.20. The molecule has 0 aliphatic carbocycles. The minimum absolute atomic E-state index is 0.392. The molecule has 0 aromatic carbocycles. The Morgan fingerprint density at radius 3 is 2.50 bits per heavy atom. The van der Waals surface area contributed by atoms with E-state index in [1.54, 1.807) is 0 Å². The Morgan fingerprint density at radius 2 is 2.17 bits per heavy atom. The average molecular weight is 233 g/mol. The summed E-state index contributed by atoms with van der Waals surface area (Å²) < 4.78 is 2.48. The predicted molar refractivity (Wildman–Crippen MR) is 57.4 cm³/mol. The van der Waals surface area contributed by atoms with E-state index in [-0.39, 0.29) is 0 Å². The average Bonchev–Trinajstić information content (AvgIpc) is 2.25. The highest BCUT2D eigenvalue weighted by Gasteiger charge is 2.38. The Kier molecular flexibility index (Phi) is 2.97. The highest BCUT2D eigenvalue weighted by molar-refractivity contribution is 9.09. The normalized spacial score (nSPS) is 27.8. The maximum Gasteiger partial charge on any atom is 0.163 e. The van der Waals surface area contributed by atoms with Crippen LogP contribution in [0.1, 0.15) is 34.1 Å². The van der Waals surface area contributed by atoms with Crippen molar-refractivity contribution in [1.82, 2.24) is 0 Å². The van der Waals surface area contributed by atoms with Crippen molar-refractivity contribution in [3.63, 3.8) is 0 Å². The Hall–Kier alpha value is 0.150. The Balaban J connectivity index is 2.80. The van der Waals surface area contributed by atoms with Gasteiger partial charge < -0.3 is 0 Å². The summed E-state index contributed by atoms with van der Waals surface area (Å²) in [7, 11) is 0. The highest BCUT2D eigenvalue weighted by Crippen LogP contribution is 2.28. The van der Waals surface area contributed by atoms with E-state index in [9.17, 15) is 0 Å². The number of alkyl halides is 1. The molecule has 2 heteroatoms. The van der Waals surface area contributed by atoms with Crippen LogP contribution in [0.25, 0.3) is 0 Å². The van der Waals surface area contributed by atoms with Gasteiger partial charge in [-0.2, -0.15) is 0 Å². The molecule has 1 aliphatic heterocycles. The van der Waals surface area contributed by atoms with Gasteiger partial charge in [-0.1, -0.05) is 29.8 Å². The van der Waals surface area contributed by atoms with Gasteiger partial charge in [-0.05, 0) is 13.8 Å². The van der Waals surface area contributed by atoms with Crippen LogP contribution in [0, 0.1) is 5.41 Å². The van der Waals surface area contributed by atoms with Gasteiger partial charge in [0.25, 0.3) is 0 Å². The van der Waals surface area contributed by atoms with Crippen molar-refractivity contribution in [1.29, 1.82) is 0 Å². The van der Waals surface area contributed by atoms with Crippen LogP contribution in [0.4, 0.5) is 0 Å². The largest absolute Gasteiger partial charge is 0.233 e. The number of hydrogen-bond acceptors (Lipinski definition) is 0. The van der Waals surface area contributed by atoms with Gasteiger partial charge in [0, 0.05) is 11.8 Å². The minimum Gasteiger partial charge on any atom is -0.233 e. The van der Waals surface area contributed by atoms with Crippen molar-refractivity contribution in [2.75, 3.05) is 5.33 Å². The second-order valence-electron chi connectivity index (χ2n) is 4.67. The monoisotopic (exact) mass is 232 g/mol. The van der Waals surface area contributed by atoms with Crippen LogP contribution < -0.4 is 0 Å². The van der Waals surface area contributed by atoms with Crippen LogP contribution in [0.2, 0.25) is 0 Å². The van der Waals surface area contributed by atoms with Crippen molar-refractivity contribution in [3.05, 3.63) is 0 Å². The lowest BCUT2D eigenvalue weighted by Crippen LogP contribution is -2.29. The van der Waals surface area contributed by atoms with Gasteiger partial charge in [-0.3, -0.25) is 0 Å². The summed E-state index contributed by atoms with van der Waals surface area (Å²) >= 11 is 3.57. The summed E-state index contributed by atoms with van der Waals surface area (Å²) in [6.45, 7) is 9.14. The molecule has 1 atom stereocenters. The number of hydrogen-bond donors (Lipinski definition) is 0. The standard InChI is InChI=1S/C10H19BrN/c1-8(2)12-7-10(3,4)5-9(12)6-11/h7-9H,5-6H2,1-4H3/q+1. The van der Waals surface area contributed by atoms with E-state index in [2.05, 4.69) is 54.4 Å². The summed E-state index contributed by atoms with van der Waals surface area (Å²) in [5.41, 5.74) is 0.392. The van der Waals surface area contributed by atoms with Crippen molar-refractivity contribution in [3.8, 4) is 0 Å². The molecule has 1 nitrogen and oxygen atoms in total. The molecule has 0 N–H and O–H groups in total. The Bertz CT molecular complexity index is 194. The molecule has 0 radical (unpaired) electrons. The van der Waals surface area contributed by atoms with E-state index in [1.165, 1.54) is 6.42 Å². The maximum absolute atomic E-state index is 3.57. The molecule has 1 unspecified atom stereocenters. The van der Waals surface area contributed by atoms with E-state index in [1.807, 2.05) is 0 Å². The van der Waals surface area contributed by atoms with Crippen LogP contribution in [-0.2, 0) is 0 Å². The molecule has 70 valence electrons. The fraction of sp³-hybridized carbons (Fsp3) is 0.900. The summed E-state index contributed by atoms with van der Waals surface area (Å²) in [5, 5.41) is 1.09. The first-order valence-electron chi connectivity index (χ1n) is 4.66. The van der Waals surface area contributed by atoms with Crippen LogP contribution in [-0.4, -0.2) is 28.2 Å². The number of halogens is 1. The summed E-state index contributed by atoms with van der Waals surface area (Å²) in [6.07, 6.45) is 3.67. The van der Waals surface area contributed by atoms with Crippen molar-refractivity contribution in [2.45, 2.75) is 46.2 Å². The zero-order valence-corrected chi connectivity index (χ0v) is 10.1. The van der Waals surface area contributed by atoms with E-state index in [0.717, 1.165) is 5.33 Å². The quantitative estimate of drug-likeness (QED) is 0.509. The molecule has 0 bridgehead atoms. The van der Waals surface area contributed by atoms with E-state index in [0.29, 0.717) is 17.5 Å². The van der Waals surface area contributed by atoms with Crippen LogP contribution in [0.3, 0.4) is 0 Å². The molecule has 0 aromatic rings. The van der Waals surface area contributed by atoms with Gasteiger partial charge in [-0.25, -0.2) is 4.58 Å². The summed E-state index contributed by atoms with van der Waals surface area (Å²) in [6, 6.07) is 1.33. The van der Waals surface area contributed by atoms with Gasteiger partial charge in [0.05, 0.1) is 5.33 Å². The molecule has 12 heavy (non-hydrogen) atoms. The van der Waals surface area contributed by atoms with E-state index < -0.39 is 0 Å². The summed E-state index contributed by atoms with van der Waals surface area (Å²) in [5.74, 6) is 0. The van der Waals surface area contributed by atoms with Gasteiger partial charge >= 0.3 is 0 Å². The van der Waals surface area contributed by atoms with Gasteiger partial charge in [-0.15, -0.1) is 0 Å². The molecule has 1 rings (SSSR count). The molecule has 1 aliphatic rings. The van der Waals surface area contributed by atoms with Crippen molar-refractivity contribution < 1.29 is 4.58 Å². The summed E-state index contributed by atoms with van der Waals surface area (Å²) in [4.78, 5) is 0. The van der Waals surface area contributed by atoms with Crippen molar-refractivity contribution in [2.24, 2.45) is 5.41 Å². The van der Waals surface area contributed by atoms with Crippen molar-refractivity contribution >= 4 is 22.1 Å². The maximum atomic E-state index is 3.57. The van der Waals surface area contributed by atoms with Gasteiger partial charge in [0.1, 0.15) is 12.3 Å². The first-order chi connectivity index (χ1) is 5.46. The highest BCUT2D eigenvalue weighted by atomic mass is 79.9. The third kappa shape index (κ3) is 2.09. The second kappa shape index (κ2) is 3.49. The van der Waals surface area contributed by atoms with Crippen LogP contribution in [0.5, 0.6) is 0 Å². The Labute approximate surface area is 84.0 Å². The fourth-order valence-electron chi connectivity index (χ4n) is 1.98. The lowest BCUT2D eigenvalue weighted by molar-refractivity contribution is -0.578. The zero-order chi connectivity index (χ0) is 9.35. The molecule has 0 aromatic heterocycles. The third-order valence-electron chi connectivity index (χ3n) is 2.46. The van der Waals surface area contributed by atoms with Crippen LogP contribution >= 0.6 is 15.9 Å². The van der Waals surface area contributed by atoms with Gasteiger partial charge in [0.15, 0.2) is 6.04 Å². The molecule has 1 heterocycles. The zero-order valence-electron chi connectivity index (χ0n) is 8.47. The van der Waals surface area contributed by atoms with Gasteiger partial charge in [0.2, 0.25) is 0 Å². The molecule has 0 amide bonds. The number of nitrogens with zero attached hydrogens (tertiary/aromatic N) is 1. The number of rotatable bonds is 2. The molecule has 0 fully saturated rings. The minimum atomic E-state index is 0.392. The van der Waals surface area contributed by atoms with E-state index >= 15 is 0 Å². The lowest BCUT2D eigenvalue weighted by Gasteiger charge is -2.11. The van der Waals surface area contributed by atoms with E-state index in [4.69, 9.17) is 0 Å². The van der Waals surface area contributed by atoms with Crippen LogP contribution in [0.15, 0.2) is 0 Å². The molecule has 0 saturated carbocycles. The SMILES string of the molecule is CC(C)[N+]1=CC(C)(C)CC1CBr. The molecular formula is C10H19BrN+.